The number of nitrogens with one attached hydrogen (secondary N) is 1. The van der Waals surface area contributed by atoms with Crippen molar-refractivity contribution in [3.63, 3.8) is 0 Å². The summed E-state index contributed by atoms with van der Waals surface area (Å²) in [5, 5.41) is 7.87. The molecule has 0 unspecified atom stereocenters. The molecule has 0 bridgehead atoms. The molecule has 34 heavy (non-hydrogen) atoms. The molecule has 3 aromatic heterocycles. The normalized spacial score (nSPS) is 20.1. The van der Waals surface area contributed by atoms with E-state index in [4.69, 9.17) is 15.6 Å². The van der Waals surface area contributed by atoms with E-state index in [1.54, 1.807) is 18.6 Å². The van der Waals surface area contributed by atoms with Crippen LogP contribution in [0.4, 0.5) is 10.6 Å². The Morgan fingerprint density at radius 3 is 2.79 bits per heavy atom. The molecule has 178 valence electrons. The third kappa shape index (κ3) is 4.06. The van der Waals surface area contributed by atoms with Crippen molar-refractivity contribution in [3.05, 3.63) is 54.1 Å². The molecule has 0 aromatic carbocycles. The molecular weight excluding hydrogens is 430 g/mol. The third-order valence-electron chi connectivity index (χ3n) is 6.81. The number of ether oxygens (including phenoxy) is 1. The van der Waals surface area contributed by atoms with Gasteiger partial charge in [0.2, 0.25) is 0 Å². The van der Waals surface area contributed by atoms with E-state index < -0.39 is 0 Å². The van der Waals surface area contributed by atoms with Gasteiger partial charge in [-0.05, 0) is 51.8 Å². The summed E-state index contributed by atoms with van der Waals surface area (Å²) < 4.78 is 8.20. The quantitative estimate of drug-likeness (QED) is 0.601. The number of amides is 2. The SMILES string of the molecule is CC(C)NC(=O)N1CC[C@@]2(CCn3nc(-c4cnc(N)c(O[C@H](C)c5cccnc5)c4)cc32)C1. The maximum atomic E-state index is 12.5. The Bertz CT molecular complexity index is 1190. The number of likely N-dealkylation sites (tertiary alicyclic amines) is 1. The minimum atomic E-state index is -0.218. The second kappa shape index (κ2) is 8.62. The number of nitrogens with zero attached hydrogens (tertiary/aromatic N) is 5. The summed E-state index contributed by atoms with van der Waals surface area (Å²) >= 11 is 0. The van der Waals surface area contributed by atoms with Crippen molar-refractivity contribution in [1.29, 1.82) is 0 Å². The summed E-state index contributed by atoms with van der Waals surface area (Å²) in [4.78, 5) is 23.0. The van der Waals surface area contributed by atoms with E-state index in [0.29, 0.717) is 18.1 Å². The summed E-state index contributed by atoms with van der Waals surface area (Å²) in [6.45, 7) is 8.24. The predicted octanol–water partition coefficient (Wildman–Crippen LogP) is 3.53. The molecule has 1 fully saturated rings. The second-order valence-electron chi connectivity index (χ2n) is 9.60. The first-order chi connectivity index (χ1) is 16.3. The number of aryl methyl sites for hydroxylation is 1. The number of carbonyl (C=O) groups is 1. The van der Waals surface area contributed by atoms with Gasteiger partial charge in [0.15, 0.2) is 11.6 Å². The first kappa shape index (κ1) is 22.2. The van der Waals surface area contributed by atoms with Gasteiger partial charge in [0.1, 0.15) is 6.10 Å². The molecule has 1 spiro atoms. The third-order valence-corrected chi connectivity index (χ3v) is 6.81. The van der Waals surface area contributed by atoms with Crippen LogP contribution in [0.1, 0.15) is 51.0 Å². The highest BCUT2D eigenvalue weighted by Gasteiger charge is 2.47. The monoisotopic (exact) mass is 461 g/mol. The van der Waals surface area contributed by atoms with Gasteiger partial charge in [0, 0.05) is 66.5 Å². The molecule has 1 saturated heterocycles. The second-order valence-corrected chi connectivity index (χ2v) is 9.60. The Balaban J connectivity index is 1.37. The van der Waals surface area contributed by atoms with E-state index in [1.807, 2.05) is 43.9 Å². The van der Waals surface area contributed by atoms with Crippen molar-refractivity contribution in [1.82, 2.24) is 30.0 Å². The first-order valence-corrected chi connectivity index (χ1v) is 11.8. The smallest absolute Gasteiger partial charge is 0.317 e. The van der Waals surface area contributed by atoms with Gasteiger partial charge < -0.3 is 20.7 Å². The molecule has 2 aliphatic rings. The van der Waals surface area contributed by atoms with E-state index in [-0.39, 0.29) is 23.6 Å². The number of aromatic nitrogens is 4. The van der Waals surface area contributed by atoms with Gasteiger partial charge in [-0.3, -0.25) is 9.67 Å². The molecule has 2 amide bonds. The summed E-state index contributed by atoms with van der Waals surface area (Å²) in [7, 11) is 0. The van der Waals surface area contributed by atoms with Crippen LogP contribution in [0.25, 0.3) is 11.3 Å². The molecule has 5 rings (SSSR count). The van der Waals surface area contributed by atoms with Crippen LogP contribution >= 0.6 is 0 Å². The summed E-state index contributed by atoms with van der Waals surface area (Å²) in [6, 6.07) is 8.02. The number of carbonyl (C=O) groups excluding carboxylic acids is 1. The molecule has 0 saturated carbocycles. The van der Waals surface area contributed by atoms with Gasteiger partial charge in [0.25, 0.3) is 0 Å². The van der Waals surface area contributed by atoms with Crippen LogP contribution in [-0.4, -0.2) is 49.8 Å². The summed E-state index contributed by atoms with van der Waals surface area (Å²) in [5.41, 5.74) is 9.91. The Morgan fingerprint density at radius 1 is 1.21 bits per heavy atom. The van der Waals surface area contributed by atoms with Crippen molar-refractivity contribution in [2.24, 2.45) is 0 Å². The van der Waals surface area contributed by atoms with Crippen molar-refractivity contribution in [2.75, 3.05) is 18.8 Å². The van der Waals surface area contributed by atoms with E-state index in [9.17, 15) is 4.79 Å². The fourth-order valence-corrected chi connectivity index (χ4v) is 4.96. The lowest BCUT2D eigenvalue weighted by Crippen LogP contribution is -2.43. The predicted molar refractivity (Wildman–Crippen MR) is 129 cm³/mol. The Labute approximate surface area is 199 Å². The zero-order chi connectivity index (χ0) is 23.9. The highest BCUT2D eigenvalue weighted by Crippen LogP contribution is 2.44. The number of hydrogen-bond donors (Lipinski definition) is 2. The average Bonchev–Trinajstić information content (AvgIpc) is 3.52. The number of hydrogen-bond acceptors (Lipinski definition) is 6. The molecule has 0 radical (unpaired) electrons. The Kier molecular flexibility index (Phi) is 5.63. The van der Waals surface area contributed by atoms with Crippen molar-refractivity contribution in [3.8, 4) is 17.0 Å². The number of urea groups is 1. The van der Waals surface area contributed by atoms with E-state index >= 15 is 0 Å². The van der Waals surface area contributed by atoms with Crippen molar-refractivity contribution in [2.45, 2.75) is 57.7 Å². The number of anilines is 1. The lowest BCUT2D eigenvalue weighted by molar-refractivity contribution is 0.203. The lowest BCUT2D eigenvalue weighted by atomic mass is 9.82. The molecule has 2 atom stereocenters. The molecule has 3 N–H and O–H groups in total. The summed E-state index contributed by atoms with van der Waals surface area (Å²) in [5.74, 6) is 0.861. The van der Waals surface area contributed by atoms with Gasteiger partial charge in [-0.25, -0.2) is 9.78 Å². The van der Waals surface area contributed by atoms with E-state index in [0.717, 1.165) is 42.8 Å². The minimum absolute atomic E-state index is 0.0114. The fraction of sp³-hybridized carbons (Fsp3) is 0.440. The van der Waals surface area contributed by atoms with Crippen molar-refractivity contribution >= 4 is 11.8 Å². The van der Waals surface area contributed by atoms with Crippen LogP contribution in [0.5, 0.6) is 5.75 Å². The molecule has 0 aliphatic carbocycles. The topological polar surface area (TPSA) is 111 Å². The van der Waals surface area contributed by atoms with Crippen LogP contribution < -0.4 is 15.8 Å². The van der Waals surface area contributed by atoms with E-state index in [2.05, 4.69) is 26.0 Å². The van der Waals surface area contributed by atoms with Gasteiger partial charge in [-0.2, -0.15) is 5.10 Å². The van der Waals surface area contributed by atoms with E-state index in [1.165, 1.54) is 5.69 Å². The average molecular weight is 462 g/mol. The number of nitrogens with two attached hydrogens (primary N) is 1. The van der Waals surface area contributed by atoms with Gasteiger partial charge in [-0.15, -0.1) is 0 Å². The number of nitrogen functional groups attached to an aromatic ring is 1. The molecule has 5 heterocycles. The van der Waals surface area contributed by atoms with Crippen molar-refractivity contribution < 1.29 is 9.53 Å². The summed E-state index contributed by atoms with van der Waals surface area (Å²) in [6.07, 6.45) is 6.98. The molecular formula is C25H31N7O2. The Morgan fingerprint density at radius 2 is 2.03 bits per heavy atom. The zero-order valence-corrected chi connectivity index (χ0v) is 19.9. The minimum Gasteiger partial charge on any atom is -0.482 e. The largest absolute Gasteiger partial charge is 0.482 e. The highest BCUT2D eigenvalue weighted by atomic mass is 16.5. The van der Waals surface area contributed by atoms with Gasteiger partial charge in [-0.1, -0.05) is 6.07 Å². The number of fused-ring (bicyclic) bond motifs is 2. The lowest BCUT2D eigenvalue weighted by Gasteiger charge is -2.24. The number of rotatable bonds is 5. The molecule has 2 aliphatic heterocycles. The van der Waals surface area contributed by atoms with Crippen LogP contribution in [-0.2, 0) is 12.0 Å². The van der Waals surface area contributed by atoms with Crippen LogP contribution in [0.15, 0.2) is 42.9 Å². The van der Waals surface area contributed by atoms with Crippen LogP contribution in [0.2, 0.25) is 0 Å². The van der Waals surface area contributed by atoms with Crippen LogP contribution in [0.3, 0.4) is 0 Å². The van der Waals surface area contributed by atoms with Crippen LogP contribution in [0, 0.1) is 0 Å². The zero-order valence-electron chi connectivity index (χ0n) is 19.9. The first-order valence-electron chi connectivity index (χ1n) is 11.8. The Hall–Kier alpha value is -3.62. The molecule has 3 aromatic rings. The van der Waals surface area contributed by atoms with Gasteiger partial charge in [0.05, 0.1) is 5.69 Å². The number of pyridine rings is 2. The maximum absolute atomic E-state index is 12.5. The molecule has 9 heteroatoms. The van der Waals surface area contributed by atoms with Gasteiger partial charge >= 0.3 is 6.03 Å². The molecule has 9 nitrogen and oxygen atoms in total. The maximum Gasteiger partial charge on any atom is 0.317 e. The fourth-order valence-electron chi connectivity index (χ4n) is 4.96. The standard InChI is InChI=1S/C25H31N7O2/c1-16(2)29-24(33)31-9-6-25(15-31)7-10-32-22(25)12-20(30-32)19-11-21(23(26)28-14-19)34-17(3)18-5-4-8-27-13-18/h4-5,8,11-14,16-17H,6-7,9-10,15H2,1-3H3,(H2,26,28)(H,29,33)/t17-,25-/m1/s1. The highest BCUT2D eigenvalue weighted by molar-refractivity contribution is 5.75.